The summed E-state index contributed by atoms with van der Waals surface area (Å²) >= 11 is 0. The van der Waals surface area contributed by atoms with Crippen molar-refractivity contribution in [3.8, 4) is 11.4 Å². The molecule has 1 amide bonds. The lowest BCUT2D eigenvalue weighted by Crippen LogP contribution is -2.33. The summed E-state index contributed by atoms with van der Waals surface area (Å²) in [5.41, 5.74) is 0.563. The maximum atomic E-state index is 12.1. The lowest BCUT2D eigenvalue weighted by molar-refractivity contribution is 0.0906. The van der Waals surface area contributed by atoms with Gasteiger partial charge in [-0.05, 0) is 50.2 Å². The molecule has 0 atom stereocenters. The topological polar surface area (TPSA) is 109 Å². The number of rotatable bonds is 7. The van der Waals surface area contributed by atoms with Crippen molar-refractivity contribution in [2.45, 2.75) is 17.7 Å². The first kappa shape index (κ1) is 19.5. The lowest BCUT2D eigenvalue weighted by atomic mass is 10.2. The summed E-state index contributed by atoms with van der Waals surface area (Å²) in [6.45, 7) is 3.46. The van der Waals surface area contributed by atoms with Gasteiger partial charge in [0.2, 0.25) is 15.8 Å². The summed E-state index contributed by atoms with van der Waals surface area (Å²) in [5.74, 6) is -0.301. The highest BCUT2D eigenvalue weighted by atomic mass is 32.2. The quantitative estimate of drug-likeness (QED) is 0.741. The van der Waals surface area contributed by atoms with Crippen LogP contribution in [0.4, 0.5) is 0 Å². The third-order valence-corrected chi connectivity index (χ3v) is 6.25. The summed E-state index contributed by atoms with van der Waals surface area (Å²) in [5, 5.41) is 6.57. The van der Waals surface area contributed by atoms with Crippen molar-refractivity contribution in [2.24, 2.45) is 0 Å². The van der Waals surface area contributed by atoms with Crippen LogP contribution in [0.3, 0.4) is 0 Å². The predicted molar refractivity (Wildman–Crippen MR) is 98.6 cm³/mol. The smallest absolute Gasteiger partial charge is 0.316 e. The first-order valence-corrected chi connectivity index (χ1v) is 10.2. The van der Waals surface area contributed by atoms with Crippen LogP contribution in [-0.4, -0.2) is 73.9 Å². The number of likely N-dealkylation sites (tertiary alicyclic amines) is 1. The van der Waals surface area contributed by atoms with Gasteiger partial charge in [0.1, 0.15) is 0 Å². The van der Waals surface area contributed by atoms with Gasteiger partial charge in [0.25, 0.3) is 0 Å². The van der Waals surface area contributed by atoms with Crippen LogP contribution in [0.2, 0.25) is 0 Å². The molecule has 3 rings (SSSR count). The largest absolute Gasteiger partial charge is 0.347 e. The highest BCUT2D eigenvalue weighted by Crippen LogP contribution is 2.20. The second-order valence-corrected chi connectivity index (χ2v) is 8.69. The van der Waals surface area contributed by atoms with E-state index < -0.39 is 15.9 Å². The molecule has 1 N–H and O–H groups in total. The van der Waals surface area contributed by atoms with Gasteiger partial charge in [0.05, 0.1) is 4.90 Å². The second-order valence-electron chi connectivity index (χ2n) is 6.54. The Balaban J connectivity index is 1.62. The molecule has 0 saturated carbocycles. The Hall–Kier alpha value is -2.30. The zero-order chi connectivity index (χ0) is 19.4. The van der Waals surface area contributed by atoms with E-state index in [0.29, 0.717) is 12.1 Å². The minimum Gasteiger partial charge on any atom is -0.347 e. The molecule has 146 valence electrons. The minimum atomic E-state index is -3.50. The lowest BCUT2D eigenvalue weighted by Gasteiger charge is -2.13. The first-order chi connectivity index (χ1) is 12.9. The molecule has 0 bridgehead atoms. The number of benzene rings is 1. The molecule has 0 spiro atoms. The summed E-state index contributed by atoms with van der Waals surface area (Å²) < 4.78 is 30.3. The first-order valence-electron chi connectivity index (χ1n) is 8.75. The van der Waals surface area contributed by atoms with Crippen LogP contribution in [0.5, 0.6) is 0 Å². The Kier molecular flexibility index (Phi) is 5.88. The van der Waals surface area contributed by atoms with E-state index in [0.717, 1.165) is 23.9 Å². The average molecular weight is 393 g/mol. The fourth-order valence-electron chi connectivity index (χ4n) is 2.83. The Labute approximate surface area is 158 Å². The fraction of sp³-hybridized carbons (Fsp3) is 0.471. The van der Waals surface area contributed by atoms with Crippen LogP contribution in [-0.2, 0) is 10.0 Å². The predicted octanol–water partition coefficient (Wildman–Crippen LogP) is 0.813. The van der Waals surface area contributed by atoms with Crippen LogP contribution < -0.4 is 5.32 Å². The van der Waals surface area contributed by atoms with E-state index >= 15 is 0 Å². The number of carbonyl (C=O) groups is 1. The zero-order valence-electron chi connectivity index (χ0n) is 15.4. The Bertz CT molecular complexity index is 886. The standard InChI is InChI=1S/C17H23N5O4S/c1-21(2)27(24,25)14-7-5-13(6-8-14)15-19-17(26-20-15)16(23)18-9-12-22-10-3-4-11-22/h5-8H,3-4,9-12H2,1-2H3,(H,18,23). The molecule has 1 fully saturated rings. The normalized spacial score (nSPS) is 15.4. The van der Waals surface area contributed by atoms with Crippen LogP contribution >= 0.6 is 0 Å². The van der Waals surface area contributed by atoms with Crippen LogP contribution in [0.15, 0.2) is 33.7 Å². The molecule has 9 nitrogen and oxygen atoms in total. The van der Waals surface area contributed by atoms with Crippen molar-refractivity contribution >= 4 is 15.9 Å². The minimum absolute atomic E-state index is 0.114. The van der Waals surface area contributed by atoms with Crippen LogP contribution in [0, 0.1) is 0 Å². The molecule has 1 aromatic carbocycles. The van der Waals surface area contributed by atoms with Crippen molar-refractivity contribution in [1.82, 2.24) is 24.7 Å². The molecule has 0 radical (unpaired) electrons. The average Bonchev–Trinajstić information content (AvgIpc) is 3.33. The van der Waals surface area contributed by atoms with Gasteiger partial charge in [-0.2, -0.15) is 4.98 Å². The molecule has 10 heteroatoms. The number of amides is 1. The Morgan fingerprint density at radius 2 is 1.89 bits per heavy atom. The highest BCUT2D eigenvalue weighted by molar-refractivity contribution is 7.89. The number of nitrogens with one attached hydrogen (secondary N) is 1. The van der Waals surface area contributed by atoms with Gasteiger partial charge in [-0.1, -0.05) is 5.16 Å². The van der Waals surface area contributed by atoms with E-state index in [2.05, 4.69) is 20.4 Å². The van der Waals surface area contributed by atoms with E-state index in [9.17, 15) is 13.2 Å². The number of nitrogens with zero attached hydrogens (tertiary/aromatic N) is 4. The Morgan fingerprint density at radius 3 is 2.52 bits per heavy atom. The Morgan fingerprint density at radius 1 is 1.22 bits per heavy atom. The molecule has 0 aliphatic carbocycles. The molecular weight excluding hydrogens is 370 g/mol. The van der Waals surface area contributed by atoms with Crippen LogP contribution in [0.25, 0.3) is 11.4 Å². The van der Waals surface area contributed by atoms with E-state index in [1.807, 2.05) is 0 Å². The zero-order valence-corrected chi connectivity index (χ0v) is 16.2. The van der Waals surface area contributed by atoms with E-state index in [4.69, 9.17) is 4.52 Å². The number of hydrogen-bond acceptors (Lipinski definition) is 7. The van der Waals surface area contributed by atoms with Gasteiger partial charge in [-0.15, -0.1) is 0 Å². The number of aromatic nitrogens is 2. The maximum Gasteiger partial charge on any atom is 0.316 e. The molecule has 0 unspecified atom stereocenters. The third kappa shape index (κ3) is 4.52. The van der Waals surface area contributed by atoms with E-state index in [1.165, 1.54) is 39.1 Å². The number of sulfonamides is 1. The van der Waals surface area contributed by atoms with Gasteiger partial charge in [-0.25, -0.2) is 12.7 Å². The molecule has 2 heterocycles. The third-order valence-electron chi connectivity index (χ3n) is 4.42. The van der Waals surface area contributed by atoms with E-state index in [-0.39, 0.29) is 16.6 Å². The van der Waals surface area contributed by atoms with Crippen molar-refractivity contribution in [3.63, 3.8) is 0 Å². The SMILES string of the molecule is CN(C)S(=O)(=O)c1ccc(-c2noc(C(=O)NCCN3CCCC3)n2)cc1. The summed E-state index contributed by atoms with van der Waals surface area (Å²) in [7, 11) is -0.562. The molecule has 1 saturated heterocycles. The number of hydrogen-bond donors (Lipinski definition) is 1. The molecule has 2 aromatic rings. The molecular formula is C17H23N5O4S. The van der Waals surface area contributed by atoms with Gasteiger partial charge < -0.3 is 14.7 Å². The maximum absolute atomic E-state index is 12.1. The van der Waals surface area contributed by atoms with Gasteiger partial charge in [0.15, 0.2) is 0 Å². The molecule has 1 aromatic heterocycles. The summed E-state index contributed by atoms with van der Waals surface area (Å²) in [4.78, 5) is 18.7. The van der Waals surface area contributed by atoms with Crippen molar-refractivity contribution in [1.29, 1.82) is 0 Å². The van der Waals surface area contributed by atoms with Gasteiger partial charge in [-0.3, -0.25) is 4.79 Å². The van der Waals surface area contributed by atoms with Gasteiger partial charge >= 0.3 is 11.8 Å². The van der Waals surface area contributed by atoms with Crippen molar-refractivity contribution < 1.29 is 17.7 Å². The van der Waals surface area contributed by atoms with Crippen LogP contribution in [0.1, 0.15) is 23.5 Å². The summed E-state index contributed by atoms with van der Waals surface area (Å²) in [6, 6.07) is 6.10. The number of carbonyl (C=O) groups excluding carboxylic acids is 1. The molecule has 1 aliphatic rings. The molecule has 1 aliphatic heterocycles. The van der Waals surface area contributed by atoms with Crippen molar-refractivity contribution in [2.75, 3.05) is 40.3 Å². The fourth-order valence-corrected chi connectivity index (χ4v) is 3.73. The summed E-state index contributed by atoms with van der Waals surface area (Å²) in [6.07, 6.45) is 2.41. The monoisotopic (exact) mass is 393 g/mol. The second kappa shape index (κ2) is 8.15. The van der Waals surface area contributed by atoms with E-state index in [1.54, 1.807) is 12.1 Å². The van der Waals surface area contributed by atoms with Gasteiger partial charge in [0, 0.05) is 32.7 Å². The van der Waals surface area contributed by atoms with Crippen molar-refractivity contribution in [3.05, 3.63) is 30.2 Å². The molecule has 27 heavy (non-hydrogen) atoms. The highest BCUT2D eigenvalue weighted by Gasteiger charge is 2.19.